The lowest BCUT2D eigenvalue weighted by atomic mass is 9.83. The number of amides is 1. The van der Waals surface area contributed by atoms with Crippen LogP contribution in [0.1, 0.15) is 17.5 Å². The van der Waals surface area contributed by atoms with E-state index in [1.54, 1.807) is 6.07 Å². The molecule has 0 saturated heterocycles. The molecule has 0 saturated carbocycles. The smallest absolute Gasteiger partial charge is 0.228 e. The molecule has 1 aliphatic rings. The van der Waals surface area contributed by atoms with E-state index in [9.17, 15) is 9.18 Å². The van der Waals surface area contributed by atoms with Crippen molar-refractivity contribution in [3.05, 3.63) is 59.5 Å². The summed E-state index contributed by atoms with van der Waals surface area (Å²) in [5, 5.41) is 2.69. The fourth-order valence-electron chi connectivity index (χ4n) is 2.63. The summed E-state index contributed by atoms with van der Waals surface area (Å²) in [6.07, 6.45) is 2.46. The summed E-state index contributed by atoms with van der Waals surface area (Å²) in [5.74, 6) is -0.474. The van der Waals surface area contributed by atoms with Gasteiger partial charge < -0.3 is 5.32 Å². The van der Waals surface area contributed by atoms with Crippen LogP contribution in [0, 0.1) is 11.9 Å². The van der Waals surface area contributed by atoms with Crippen molar-refractivity contribution in [3.8, 4) is 0 Å². The average Bonchev–Trinajstić information content (AvgIpc) is 2.47. The summed E-state index contributed by atoms with van der Waals surface area (Å²) < 4.78 is 13.0. The second-order valence-corrected chi connectivity index (χ2v) is 5.04. The fourth-order valence-corrected chi connectivity index (χ4v) is 2.63. The monoisotopic (exact) mass is 270 g/mol. The summed E-state index contributed by atoms with van der Waals surface area (Å²) in [5.41, 5.74) is 2.55. The minimum absolute atomic E-state index is 0.0741. The molecule has 1 N–H and O–H groups in total. The van der Waals surface area contributed by atoms with Crippen molar-refractivity contribution in [2.24, 2.45) is 5.92 Å². The molecule has 0 fully saturated rings. The molecular formula is C16H15FN2O. The number of pyridine rings is 1. The summed E-state index contributed by atoms with van der Waals surface area (Å²) in [4.78, 5) is 15.9. The van der Waals surface area contributed by atoms with Crippen molar-refractivity contribution < 1.29 is 9.18 Å². The Morgan fingerprint density at radius 2 is 1.95 bits per heavy atom. The predicted octanol–water partition coefficient (Wildman–Crippen LogP) is 2.96. The van der Waals surface area contributed by atoms with Gasteiger partial charge in [-0.15, -0.1) is 0 Å². The van der Waals surface area contributed by atoms with E-state index in [0.717, 1.165) is 19.3 Å². The highest BCUT2D eigenvalue weighted by Crippen LogP contribution is 2.26. The molecule has 4 heteroatoms. The zero-order valence-electron chi connectivity index (χ0n) is 11.0. The zero-order valence-corrected chi connectivity index (χ0v) is 11.0. The van der Waals surface area contributed by atoms with Crippen LogP contribution >= 0.6 is 0 Å². The van der Waals surface area contributed by atoms with Crippen molar-refractivity contribution in [3.63, 3.8) is 0 Å². The number of aromatic nitrogens is 1. The number of carbonyl (C=O) groups excluding carboxylic acids is 1. The van der Waals surface area contributed by atoms with E-state index in [-0.39, 0.29) is 17.6 Å². The first-order chi connectivity index (χ1) is 9.72. The van der Waals surface area contributed by atoms with Gasteiger partial charge in [-0.3, -0.25) is 4.79 Å². The molecule has 0 aliphatic heterocycles. The number of fused-ring (bicyclic) bond motifs is 1. The third kappa shape index (κ3) is 2.69. The lowest BCUT2D eigenvalue weighted by Gasteiger charge is -2.23. The first-order valence-electron chi connectivity index (χ1n) is 6.72. The van der Waals surface area contributed by atoms with Gasteiger partial charge in [0.2, 0.25) is 11.9 Å². The highest BCUT2D eigenvalue weighted by Gasteiger charge is 2.24. The molecule has 3 nitrogen and oxygen atoms in total. The topological polar surface area (TPSA) is 42.0 Å². The van der Waals surface area contributed by atoms with Gasteiger partial charge in [0.15, 0.2) is 0 Å². The third-order valence-corrected chi connectivity index (χ3v) is 3.68. The molecule has 0 bridgehead atoms. The molecular weight excluding hydrogens is 255 g/mol. The van der Waals surface area contributed by atoms with Crippen molar-refractivity contribution in [1.82, 2.24) is 4.98 Å². The second-order valence-electron chi connectivity index (χ2n) is 5.04. The largest absolute Gasteiger partial charge is 0.310 e. The fraction of sp³-hybridized carbons (Fsp3) is 0.250. The van der Waals surface area contributed by atoms with Gasteiger partial charge in [0.1, 0.15) is 5.82 Å². The molecule has 20 heavy (non-hydrogen) atoms. The van der Waals surface area contributed by atoms with Crippen LogP contribution in [-0.4, -0.2) is 10.9 Å². The van der Waals surface area contributed by atoms with E-state index in [2.05, 4.69) is 22.4 Å². The highest BCUT2D eigenvalue weighted by atomic mass is 19.1. The summed E-state index contributed by atoms with van der Waals surface area (Å²) in [6.45, 7) is 0. The molecule has 1 aromatic carbocycles. The van der Waals surface area contributed by atoms with Crippen LogP contribution in [0.15, 0.2) is 42.5 Å². The van der Waals surface area contributed by atoms with E-state index < -0.39 is 5.95 Å². The minimum Gasteiger partial charge on any atom is -0.310 e. The van der Waals surface area contributed by atoms with E-state index >= 15 is 0 Å². The first kappa shape index (κ1) is 12.8. The van der Waals surface area contributed by atoms with Gasteiger partial charge in [-0.1, -0.05) is 30.3 Å². The van der Waals surface area contributed by atoms with E-state index in [1.807, 2.05) is 12.1 Å². The number of rotatable bonds is 2. The normalized spacial score (nSPS) is 17.4. The maximum atomic E-state index is 13.0. The Balaban J connectivity index is 1.70. The van der Waals surface area contributed by atoms with Gasteiger partial charge in [0, 0.05) is 5.92 Å². The molecule has 1 amide bonds. The Bertz CT molecular complexity index is 642. The Morgan fingerprint density at radius 1 is 1.15 bits per heavy atom. The standard InChI is InChI=1S/C16H15FN2O/c17-14-6-3-7-15(18-14)19-16(20)13-9-8-11-4-1-2-5-12(11)10-13/h1-7,13H,8-10H2,(H,18,19,20). The lowest BCUT2D eigenvalue weighted by molar-refractivity contribution is -0.120. The molecule has 1 aliphatic carbocycles. The van der Waals surface area contributed by atoms with E-state index in [0.29, 0.717) is 0 Å². The predicted molar refractivity (Wildman–Crippen MR) is 74.8 cm³/mol. The minimum atomic E-state index is -0.586. The Hall–Kier alpha value is -2.23. The Kier molecular flexibility index (Phi) is 3.46. The molecule has 1 atom stereocenters. The SMILES string of the molecule is O=C(Nc1cccc(F)n1)C1CCc2ccccc2C1. The van der Waals surface area contributed by atoms with Crippen LogP contribution in [-0.2, 0) is 17.6 Å². The second kappa shape index (κ2) is 5.41. The molecule has 1 heterocycles. The number of carbonyl (C=O) groups is 1. The Morgan fingerprint density at radius 3 is 2.75 bits per heavy atom. The maximum Gasteiger partial charge on any atom is 0.228 e. The van der Waals surface area contributed by atoms with Crippen LogP contribution < -0.4 is 5.32 Å². The number of anilines is 1. The van der Waals surface area contributed by atoms with Gasteiger partial charge in [0.05, 0.1) is 0 Å². The third-order valence-electron chi connectivity index (χ3n) is 3.68. The molecule has 1 unspecified atom stereocenters. The molecule has 102 valence electrons. The van der Waals surface area contributed by atoms with Crippen molar-refractivity contribution in [2.45, 2.75) is 19.3 Å². The van der Waals surface area contributed by atoms with E-state index in [4.69, 9.17) is 0 Å². The van der Waals surface area contributed by atoms with Gasteiger partial charge in [-0.05, 0) is 42.5 Å². The summed E-state index contributed by atoms with van der Waals surface area (Å²) in [7, 11) is 0. The number of nitrogens with zero attached hydrogens (tertiary/aromatic N) is 1. The number of benzene rings is 1. The number of hydrogen-bond acceptors (Lipinski definition) is 2. The van der Waals surface area contributed by atoms with Crippen LogP contribution in [0.25, 0.3) is 0 Å². The van der Waals surface area contributed by atoms with Crippen LogP contribution in [0.5, 0.6) is 0 Å². The van der Waals surface area contributed by atoms with Gasteiger partial charge >= 0.3 is 0 Å². The molecule has 0 radical (unpaired) electrons. The lowest BCUT2D eigenvalue weighted by Crippen LogP contribution is -2.28. The maximum absolute atomic E-state index is 13.0. The summed E-state index contributed by atoms with van der Waals surface area (Å²) >= 11 is 0. The van der Waals surface area contributed by atoms with Crippen molar-refractivity contribution >= 4 is 11.7 Å². The molecule has 1 aromatic heterocycles. The van der Waals surface area contributed by atoms with E-state index in [1.165, 1.54) is 23.3 Å². The Labute approximate surface area is 116 Å². The van der Waals surface area contributed by atoms with Gasteiger partial charge in [-0.2, -0.15) is 4.39 Å². The quantitative estimate of drug-likeness (QED) is 0.852. The van der Waals surface area contributed by atoms with Gasteiger partial charge in [-0.25, -0.2) is 4.98 Å². The average molecular weight is 270 g/mol. The van der Waals surface area contributed by atoms with Gasteiger partial charge in [0.25, 0.3) is 0 Å². The van der Waals surface area contributed by atoms with Crippen LogP contribution in [0.2, 0.25) is 0 Å². The summed E-state index contributed by atoms with van der Waals surface area (Å²) in [6, 6.07) is 12.6. The number of hydrogen-bond donors (Lipinski definition) is 1. The molecule has 0 spiro atoms. The van der Waals surface area contributed by atoms with Crippen molar-refractivity contribution in [2.75, 3.05) is 5.32 Å². The number of nitrogens with one attached hydrogen (secondary N) is 1. The molecule has 2 aromatic rings. The molecule has 3 rings (SSSR count). The number of aryl methyl sites for hydroxylation is 1. The van der Waals surface area contributed by atoms with Crippen molar-refractivity contribution in [1.29, 1.82) is 0 Å². The van der Waals surface area contributed by atoms with Crippen LogP contribution in [0.4, 0.5) is 10.2 Å². The number of halogens is 1. The highest BCUT2D eigenvalue weighted by molar-refractivity contribution is 5.92. The van der Waals surface area contributed by atoms with Crippen LogP contribution in [0.3, 0.4) is 0 Å². The first-order valence-corrected chi connectivity index (χ1v) is 6.72. The zero-order chi connectivity index (χ0) is 13.9.